The van der Waals surface area contributed by atoms with Crippen LogP contribution in [0.25, 0.3) is 10.9 Å². The van der Waals surface area contributed by atoms with Crippen molar-refractivity contribution >= 4 is 22.8 Å². The summed E-state index contributed by atoms with van der Waals surface area (Å²) in [5, 5.41) is 4.25. The van der Waals surface area contributed by atoms with Crippen LogP contribution in [-0.4, -0.2) is 47.6 Å². The molecule has 1 atom stereocenters. The SMILES string of the molecule is COc1ccc2[nH]cc(CCNC(=O)C3CCCN(c4nccc(C)n4)C3)c2c1. The molecule has 1 saturated heterocycles. The van der Waals surface area contributed by atoms with Crippen LogP contribution in [0, 0.1) is 12.8 Å². The van der Waals surface area contributed by atoms with Gasteiger partial charge < -0.3 is 19.9 Å². The van der Waals surface area contributed by atoms with Crippen molar-refractivity contribution < 1.29 is 9.53 Å². The minimum atomic E-state index is -0.0316. The summed E-state index contributed by atoms with van der Waals surface area (Å²) in [5.41, 5.74) is 3.20. The number of carbonyl (C=O) groups is 1. The van der Waals surface area contributed by atoms with Crippen LogP contribution in [0.1, 0.15) is 24.1 Å². The number of H-pyrrole nitrogens is 1. The van der Waals surface area contributed by atoms with E-state index in [2.05, 4.69) is 25.2 Å². The maximum atomic E-state index is 12.7. The molecule has 1 aliphatic heterocycles. The molecule has 1 amide bonds. The molecule has 3 aromatic rings. The summed E-state index contributed by atoms with van der Waals surface area (Å²) < 4.78 is 5.32. The average Bonchev–Trinajstić information content (AvgIpc) is 3.16. The number of hydrogen-bond donors (Lipinski definition) is 2. The zero-order chi connectivity index (χ0) is 20.2. The number of hydrogen-bond acceptors (Lipinski definition) is 5. The lowest BCUT2D eigenvalue weighted by atomic mass is 9.97. The number of rotatable bonds is 6. The molecular formula is C22H27N5O2. The Kier molecular flexibility index (Phi) is 5.64. The molecule has 3 heterocycles. The van der Waals surface area contributed by atoms with Gasteiger partial charge in [-0.1, -0.05) is 0 Å². The number of benzene rings is 1. The number of aryl methyl sites for hydroxylation is 1. The van der Waals surface area contributed by atoms with Crippen molar-refractivity contribution in [1.29, 1.82) is 0 Å². The Hall–Kier alpha value is -3.09. The van der Waals surface area contributed by atoms with Crippen molar-refractivity contribution in [3.05, 3.63) is 47.9 Å². The lowest BCUT2D eigenvalue weighted by Gasteiger charge is -2.32. The van der Waals surface area contributed by atoms with E-state index < -0.39 is 0 Å². The summed E-state index contributed by atoms with van der Waals surface area (Å²) in [5.74, 6) is 1.63. The molecule has 1 fully saturated rings. The van der Waals surface area contributed by atoms with Crippen LogP contribution in [0.3, 0.4) is 0 Å². The van der Waals surface area contributed by atoms with Gasteiger partial charge in [0.15, 0.2) is 0 Å². The van der Waals surface area contributed by atoms with Crippen molar-refractivity contribution in [3.8, 4) is 5.75 Å². The van der Waals surface area contributed by atoms with E-state index in [0.29, 0.717) is 13.1 Å². The lowest BCUT2D eigenvalue weighted by Crippen LogP contribution is -2.44. The Morgan fingerprint density at radius 3 is 3.10 bits per heavy atom. The summed E-state index contributed by atoms with van der Waals surface area (Å²) in [6.45, 7) is 4.13. The molecule has 4 rings (SSSR count). The molecule has 7 nitrogen and oxygen atoms in total. The van der Waals surface area contributed by atoms with Gasteiger partial charge >= 0.3 is 0 Å². The van der Waals surface area contributed by atoms with E-state index in [0.717, 1.165) is 54.1 Å². The number of piperidine rings is 1. The van der Waals surface area contributed by atoms with E-state index in [1.807, 2.05) is 37.4 Å². The number of nitrogens with zero attached hydrogens (tertiary/aromatic N) is 3. The van der Waals surface area contributed by atoms with E-state index >= 15 is 0 Å². The highest BCUT2D eigenvalue weighted by molar-refractivity contribution is 5.85. The monoisotopic (exact) mass is 393 g/mol. The van der Waals surface area contributed by atoms with Gasteiger partial charge in [-0.3, -0.25) is 4.79 Å². The first-order valence-electron chi connectivity index (χ1n) is 10.1. The molecule has 1 aliphatic rings. The van der Waals surface area contributed by atoms with Crippen LogP contribution in [0.2, 0.25) is 0 Å². The third kappa shape index (κ3) is 4.34. The van der Waals surface area contributed by atoms with E-state index in [9.17, 15) is 4.79 Å². The molecule has 2 aromatic heterocycles. The van der Waals surface area contributed by atoms with Gasteiger partial charge in [0.2, 0.25) is 11.9 Å². The first-order valence-corrected chi connectivity index (χ1v) is 10.1. The van der Waals surface area contributed by atoms with Crippen molar-refractivity contribution in [1.82, 2.24) is 20.3 Å². The fraction of sp³-hybridized carbons (Fsp3) is 0.409. The topological polar surface area (TPSA) is 83.1 Å². The molecule has 152 valence electrons. The van der Waals surface area contributed by atoms with Crippen LogP contribution >= 0.6 is 0 Å². The predicted octanol–water partition coefficient (Wildman–Crippen LogP) is 2.85. The maximum absolute atomic E-state index is 12.7. The molecule has 0 radical (unpaired) electrons. The predicted molar refractivity (Wildman–Crippen MR) is 113 cm³/mol. The molecule has 0 saturated carbocycles. The van der Waals surface area contributed by atoms with Gasteiger partial charge in [0.1, 0.15) is 5.75 Å². The maximum Gasteiger partial charge on any atom is 0.225 e. The van der Waals surface area contributed by atoms with Crippen LogP contribution in [0.5, 0.6) is 5.75 Å². The van der Waals surface area contributed by atoms with Crippen molar-refractivity contribution in [2.24, 2.45) is 5.92 Å². The van der Waals surface area contributed by atoms with Crippen LogP contribution in [0.15, 0.2) is 36.7 Å². The summed E-state index contributed by atoms with van der Waals surface area (Å²) >= 11 is 0. The first kappa shape index (κ1) is 19.2. The summed E-state index contributed by atoms with van der Waals surface area (Å²) in [4.78, 5) is 27.0. The zero-order valence-electron chi connectivity index (χ0n) is 16.9. The molecule has 0 bridgehead atoms. The number of aromatic amines is 1. The van der Waals surface area contributed by atoms with Crippen LogP contribution < -0.4 is 15.0 Å². The largest absolute Gasteiger partial charge is 0.497 e. The molecule has 7 heteroatoms. The van der Waals surface area contributed by atoms with Crippen molar-refractivity contribution in [2.75, 3.05) is 31.6 Å². The number of aromatic nitrogens is 3. The summed E-state index contributed by atoms with van der Waals surface area (Å²) in [6, 6.07) is 7.87. The Morgan fingerprint density at radius 2 is 2.28 bits per heavy atom. The van der Waals surface area contributed by atoms with E-state index in [1.54, 1.807) is 13.3 Å². The fourth-order valence-electron chi connectivity index (χ4n) is 3.92. The van der Waals surface area contributed by atoms with E-state index in [-0.39, 0.29) is 11.8 Å². The molecule has 0 spiro atoms. The molecule has 1 aromatic carbocycles. The minimum absolute atomic E-state index is 0.0316. The Labute approximate surface area is 170 Å². The van der Waals surface area contributed by atoms with Gasteiger partial charge in [0.05, 0.1) is 13.0 Å². The van der Waals surface area contributed by atoms with Crippen LogP contribution in [-0.2, 0) is 11.2 Å². The molecule has 2 N–H and O–H groups in total. The highest BCUT2D eigenvalue weighted by Gasteiger charge is 2.27. The molecule has 0 aliphatic carbocycles. The second-order valence-electron chi connectivity index (χ2n) is 7.55. The van der Waals surface area contributed by atoms with E-state index in [1.165, 1.54) is 5.56 Å². The summed E-state index contributed by atoms with van der Waals surface area (Å²) in [7, 11) is 1.67. The quantitative estimate of drug-likeness (QED) is 0.673. The Morgan fingerprint density at radius 1 is 1.38 bits per heavy atom. The summed E-state index contributed by atoms with van der Waals surface area (Å²) in [6.07, 6.45) is 6.43. The van der Waals surface area contributed by atoms with Gasteiger partial charge in [0, 0.05) is 48.6 Å². The smallest absolute Gasteiger partial charge is 0.225 e. The van der Waals surface area contributed by atoms with Crippen LogP contribution in [0.4, 0.5) is 5.95 Å². The Bertz CT molecular complexity index is 1000. The third-order valence-corrected chi connectivity index (χ3v) is 5.53. The van der Waals surface area contributed by atoms with Gasteiger partial charge in [-0.05, 0) is 56.0 Å². The Balaban J connectivity index is 1.34. The standard InChI is InChI=1S/C22H27N5O2/c1-15-7-9-24-22(26-15)27-11-3-4-17(14-27)21(28)23-10-8-16-13-25-20-6-5-18(29-2)12-19(16)20/h5-7,9,12-13,17,25H,3-4,8,10-11,14H2,1-2H3,(H,23,28). The third-order valence-electron chi connectivity index (χ3n) is 5.53. The minimum Gasteiger partial charge on any atom is -0.497 e. The van der Waals surface area contributed by atoms with Gasteiger partial charge in [-0.2, -0.15) is 0 Å². The lowest BCUT2D eigenvalue weighted by molar-refractivity contribution is -0.125. The zero-order valence-corrected chi connectivity index (χ0v) is 16.9. The second kappa shape index (κ2) is 8.51. The average molecular weight is 393 g/mol. The molecule has 1 unspecified atom stereocenters. The molecular weight excluding hydrogens is 366 g/mol. The number of carbonyl (C=O) groups excluding carboxylic acids is 1. The fourth-order valence-corrected chi connectivity index (χ4v) is 3.92. The van der Waals surface area contributed by atoms with Gasteiger partial charge in [0.25, 0.3) is 0 Å². The number of ether oxygens (including phenoxy) is 1. The number of methoxy groups -OCH3 is 1. The number of nitrogens with one attached hydrogen (secondary N) is 2. The number of anilines is 1. The number of amides is 1. The normalized spacial score (nSPS) is 16.8. The number of fused-ring (bicyclic) bond motifs is 1. The van der Waals surface area contributed by atoms with Crippen molar-refractivity contribution in [3.63, 3.8) is 0 Å². The second-order valence-corrected chi connectivity index (χ2v) is 7.55. The van der Waals surface area contributed by atoms with Gasteiger partial charge in [-0.15, -0.1) is 0 Å². The van der Waals surface area contributed by atoms with Gasteiger partial charge in [-0.25, -0.2) is 9.97 Å². The highest BCUT2D eigenvalue weighted by Crippen LogP contribution is 2.24. The highest BCUT2D eigenvalue weighted by atomic mass is 16.5. The first-order chi connectivity index (χ1) is 14.1. The van der Waals surface area contributed by atoms with E-state index in [4.69, 9.17) is 4.74 Å². The molecule has 29 heavy (non-hydrogen) atoms. The van der Waals surface area contributed by atoms with Crippen molar-refractivity contribution in [2.45, 2.75) is 26.2 Å².